The van der Waals surface area contributed by atoms with Crippen LogP contribution < -0.4 is 11.1 Å². The number of nitro groups is 1. The van der Waals surface area contributed by atoms with Gasteiger partial charge < -0.3 is 15.8 Å². The van der Waals surface area contributed by atoms with Crippen LogP contribution in [0.25, 0.3) is 0 Å². The normalized spacial score (nSPS) is 11.5. The number of nitrogen functional groups attached to an aromatic ring is 1. The number of nitrogens with one attached hydrogen (secondary N) is 1. The van der Waals surface area contributed by atoms with Gasteiger partial charge in [-0.25, -0.2) is 13.6 Å². The molecule has 136 valence electrons. The van der Waals surface area contributed by atoms with Crippen LogP contribution in [0.3, 0.4) is 0 Å². The Morgan fingerprint density at radius 1 is 1.23 bits per heavy atom. The lowest BCUT2D eigenvalue weighted by Gasteiger charge is -2.14. The van der Waals surface area contributed by atoms with Gasteiger partial charge >= 0.3 is 5.97 Å². The maximum Gasteiger partial charge on any atom is 0.341 e. The minimum Gasteiger partial charge on any atom is -0.449 e. The van der Waals surface area contributed by atoms with Crippen LogP contribution in [0.5, 0.6) is 0 Å². The smallest absolute Gasteiger partial charge is 0.341 e. The molecule has 0 unspecified atom stereocenters. The van der Waals surface area contributed by atoms with Crippen LogP contribution >= 0.6 is 0 Å². The summed E-state index contributed by atoms with van der Waals surface area (Å²) in [5.41, 5.74) is 4.40. The van der Waals surface area contributed by atoms with Gasteiger partial charge in [0.2, 0.25) is 0 Å². The number of amides is 1. The molecule has 2 rings (SSSR count). The lowest BCUT2D eigenvalue weighted by molar-refractivity contribution is -0.384. The summed E-state index contributed by atoms with van der Waals surface area (Å²) in [4.78, 5) is 34.1. The van der Waals surface area contributed by atoms with Gasteiger partial charge in [-0.05, 0) is 25.1 Å². The summed E-state index contributed by atoms with van der Waals surface area (Å²) in [6.07, 6.45) is -1.40. The Morgan fingerprint density at radius 2 is 1.92 bits per heavy atom. The van der Waals surface area contributed by atoms with Crippen molar-refractivity contribution in [3.05, 3.63) is 63.7 Å². The van der Waals surface area contributed by atoms with E-state index in [1.54, 1.807) is 0 Å². The molecule has 3 N–H and O–H groups in total. The van der Waals surface area contributed by atoms with Crippen LogP contribution in [-0.4, -0.2) is 22.9 Å². The predicted molar refractivity (Wildman–Crippen MR) is 87.4 cm³/mol. The summed E-state index contributed by atoms with van der Waals surface area (Å²) in [5, 5.41) is 12.8. The Morgan fingerprint density at radius 3 is 2.58 bits per heavy atom. The van der Waals surface area contributed by atoms with Gasteiger partial charge in [0.1, 0.15) is 11.6 Å². The molecule has 1 atom stereocenters. The third kappa shape index (κ3) is 4.29. The van der Waals surface area contributed by atoms with Gasteiger partial charge in [0.15, 0.2) is 6.10 Å². The SMILES string of the molecule is C[C@@H](OC(=O)c1cc([N+](=O)[O-])ccc1N)C(=O)Nc1cc(F)ccc1F. The second-order valence-corrected chi connectivity index (χ2v) is 5.19. The topological polar surface area (TPSA) is 125 Å². The van der Waals surface area contributed by atoms with E-state index in [-0.39, 0.29) is 16.9 Å². The van der Waals surface area contributed by atoms with Gasteiger partial charge in [-0.1, -0.05) is 0 Å². The van der Waals surface area contributed by atoms with E-state index in [1.165, 1.54) is 6.92 Å². The fraction of sp³-hybridized carbons (Fsp3) is 0.125. The van der Waals surface area contributed by atoms with E-state index in [2.05, 4.69) is 5.32 Å². The van der Waals surface area contributed by atoms with E-state index in [9.17, 15) is 28.5 Å². The number of esters is 1. The van der Waals surface area contributed by atoms with Crippen molar-refractivity contribution in [1.29, 1.82) is 0 Å². The number of nitrogens with two attached hydrogens (primary N) is 1. The molecule has 1 amide bonds. The number of nitrogens with zero attached hydrogens (tertiary/aromatic N) is 1. The first-order chi connectivity index (χ1) is 12.2. The summed E-state index contributed by atoms with van der Waals surface area (Å²) in [6, 6.07) is 5.64. The number of non-ortho nitro benzene ring substituents is 1. The minimum absolute atomic E-state index is 0.0793. The first-order valence-electron chi connectivity index (χ1n) is 7.20. The lowest BCUT2D eigenvalue weighted by Crippen LogP contribution is -2.30. The molecule has 0 spiro atoms. The number of anilines is 2. The predicted octanol–water partition coefficient (Wildman–Crippen LogP) is 2.64. The number of carbonyl (C=O) groups is 2. The maximum atomic E-state index is 13.5. The first kappa shape index (κ1) is 18.8. The number of carbonyl (C=O) groups excluding carboxylic acids is 2. The highest BCUT2D eigenvalue weighted by Gasteiger charge is 2.23. The summed E-state index contributed by atoms with van der Waals surface area (Å²) in [6.45, 7) is 1.19. The Balaban J connectivity index is 2.11. The standard InChI is InChI=1S/C16H13F2N3O5/c1-8(15(22)20-14-6-9(17)2-4-12(14)18)26-16(23)11-7-10(21(24)25)3-5-13(11)19/h2-8H,19H2,1H3,(H,20,22)/t8-/m1/s1. The number of nitro benzene ring substituents is 1. The van der Waals surface area contributed by atoms with Crippen molar-refractivity contribution in [2.45, 2.75) is 13.0 Å². The molecule has 10 heteroatoms. The highest BCUT2D eigenvalue weighted by atomic mass is 19.1. The lowest BCUT2D eigenvalue weighted by atomic mass is 10.1. The van der Waals surface area contributed by atoms with E-state index in [0.717, 1.165) is 36.4 Å². The Bertz CT molecular complexity index is 888. The number of hydrogen-bond acceptors (Lipinski definition) is 6. The molecule has 2 aromatic carbocycles. The van der Waals surface area contributed by atoms with E-state index < -0.39 is 40.2 Å². The molecule has 0 aliphatic carbocycles. The zero-order chi connectivity index (χ0) is 19.4. The highest BCUT2D eigenvalue weighted by molar-refractivity contribution is 5.99. The third-order valence-corrected chi connectivity index (χ3v) is 3.31. The Kier molecular flexibility index (Phi) is 5.45. The monoisotopic (exact) mass is 365 g/mol. The van der Waals surface area contributed by atoms with E-state index in [4.69, 9.17) is 10.5 Å². The van der Waals surface area contributed by atoms with E-state index in [1.807, 2.05) is 0 Å². The van der Waals surface area contributed by atoms with Crippen LogP contribution in [0.4, 0.5) is 25.8 Å². The van der Waals surface area contributed by atoms with Crippen molar-refractivity contribution in [2.75, 3.05) is 11.1 Å². The number of rotatable bonds is 5. The highest BCUT2D eigenvalue weighted by Crippen LogP contribution is 2.21. The molecular weight excluding hydrogens is 352 g/mol. The average molecular weight is 365 g/mol. The Hall–Kier alpha value is -3.56. The van der Waals surface area contributed by atoms with Gasteiger partial charge in [0.05, 0.1) is 16.2 Å². The molecule has 0 heterocycles. The molecule has 0 saturated heterocycles. The van der Waals surface area contributed by atoms with Crippen molar-refractivity contribution in [3.63, 3.8) is 0 Å². The van der Waals surface area contributed by atoms with Crippen molar-refractivity contribution in [2.24, 2.45) is 0 Å². The van der Waals surface area contributed by atoms with Crippen LogP contribution in [0.1, 0.15) is 17.3 Å². The van der Waals surface area contributed by atoms with E-state index >= 15 is 0 Å². The molecule has 0 aromatic heterocycles. The van der Waals surface area contributed by atoms with Crippen molar-refractivity contribution >= 4 is 28.9 Å². The second-order valence-electron chi connectivity index (χ2n) is 5.19. The second kappa shape index (κ2) is 7.55. The number of ether oxygens (including phenoxy) is 1. The van der Waals surface area contributed by atoms with Gasteiger partial charge in [0, 0.05) is 23.9 Å². The summed E-state index contributed by atoms with van der Waals surface area (Å²) < 4.78 is 31.5. The van der Waals surface area contributed by atoms with Crippen molar-refractivity contribution in [3.8, 4) is 0 Å². The summed E-state index contributed by atoms with van der Waals surface area (Å²) >= 11 is 0. The number of halogens is 2. The molecular formula is C16H13F2N3O5. The zero-order valence-electron chi connectivity index (χ0n) is 13.4. The van der Waals surface area contributed by atoms with E-state index in [0.29, 0.717) is 0 Å². The molecule has 0 aliphatic heterocycles. The van der Waals surface area contributed by atoms with Gasteiger partial charge in [-0.2, -0.15) is 0 Å². The molecule has 0 bridgehead atoms. The molecule has 0 radical (unpaired) electrons. The number of hydrogen-bond donors (Lipinski definition) is 2. The fourth-order valence-corrected chi connectivity index (χ4v) is 1.94. The zero-order valence-corrected chi connectivity index (χ0v) is 13.4. The van der Waals surface area contributed by atoms with Crippen molar-refractivity contribution < 1.29 is 28.0 Å². The fourth-order valence-electron chi connectivity index (χ4n) is 1.94. The molecule has 2 aromatic rings. The molecule has 0 fully saturated rings. The van der Waals surface area contributed by atoms with Crippen LogP contribution in [0, 0.1) is 21.7 Å². The quantitative estimate of drug-likeness (QED) is 0.363. The Labute approximate surface area is 145 Å². The van der Waals surface area contributed by atoms with Gasteiger partial charge in [-0.15, -0.1) is 0 Å². The molecule has 0 aliphatic rings. The first-order valence-corrected chi connectivity index (χ1v) is 7.20. The average Bonchev–Trinajstić information content (AvgIpc) is 2.58. The number of benzene rings is 2. The van der Waals surface area contributed by atoms with Crippen LogP contribution in [-0.2, 0) is 9.53 Å². The van der Waals surface area contributed by atoms with Gasteiger partial charge in [-0.3, -0.25) is 14.9 Å². The minimum atomic E-state index is -1.40. The maximum absolute atomic E-state index is 13.5. The van der Waals surface area contributed by atoms with Crippen LogP contribution in [0.2, 0.25) is 0 Å². The molecule has 26 heavy (non-hydrogen) atoms. The molecule has 8 nitrogen and oxygen atoms in total. The van der Waals surface area contributed by atoms with Crippen LogP contribution in [0.15, 0.2) is 36.4 Å². The molecule has 0 saturated carbocycles. The summed E-state index contributed by atoms with van der Waals surface area (Å²) in [7, 11) is 0. The van der Waals surface area contributed by atoms with Crippen molar-refractivity contribution in [1.82, 2.24) is 0 Å². The largest absolute Gasteiger partial charge is 0.449 e. The third-order valence-electron chi connectivity index (χ3n) is 3.31. The summed E-state index contributed by atoms with van der Waals surface area (Å²) in [5.74, 6) is -3.64. The van der Waals surface area contributed by atoms with Gasteiger partial charge in [0.25, 0.3) is 11.6 Å².